The summed E-state index contributed by atoms with van der Waals surface area (Å²) in [7, 11) is 0. The first-order valence-corrected chi connectivity index (χ1v) is 9.51. The number of hydrogen-bond donors (Lipinski definition) is 1. The largest absolute Gasteiger partial charge is 0.494 e. The smallest absolute Gasteiger partial charge is 0.119 e. The van der Waals surface area contributed by atoms with E-state index in [2.05, 4.69) is 39.0 Å². The van der Waals surface area contributed by atoms with Crippen molar-refractivity contribution in [1.82, 2.24) is 0 Å². The fourth-order valence-electron chi connectivity index (χ4n) is 3.27. The highest BCUT2D eigenvalue weighted by atomic mass is 16.5. The van der Waals surface area contributed by atoms with Crippen LogP contribution in [0.25, 0.3) is 0 Å². The maximum Gasteiger partial charge on any atom is 0.119 e. The lowest BCUT2D eigenvalue weighted by Crippen LogP contribution is -2.08. The molecule has 0 spiro atoms. The molecule has 2 aromatic carbocycles. The van der Waals surface area contributed by atoms with Gasteiger partial charge < -0.3 is 9.84 Å². The first-order valence-electron chi connectivity index (χ1n) is 9.51. The van der Waals surface area contributed by atoms with E-state index in [1.54, 1.807) is 0 Å². The van der Waals surface area contributed by atoms with Crippen LogP contribution < -0.4 is 4.74 Å². The molecule has 2 rings (SSSR count). The van der Waals surface area contributed by atoms with Gasteiger partial charge in [0.2, 0.25) is 0 Å². The molecule has 0 aliphatic heterocycles. The Morgan fingerprint density at radius 3 is 2.28 bits per heavy atom. The quantitative estimate of drug-likeness (QED) is 0.569. The average molecular weight is 341 g/mol. The van der Waals surface area contributed by atoms with E-state index in [1.165, 1.54) is 42.4 Å². The minimum absolute atomic E-state index is 0.0808. The Balaban J connectivity index is 1.79. The first kappa shape index (κ1) is 19.5. The monoisotopic (exact) mass is 340 g/mol. The van der Waals surface area contributed by atoms with E-state index in [4.69, 9.17) is 9.84 Å². The molecule has 0 bridgehead atoms. The highest BCUT2D eigenvalue weighted by Gasteiger charge is 2.10. The normalized spacial score (nSPS) is 12.2. The molecule has 0 unspecified atom stereocenters. The van der Waals surface area contributed by atoms with Crippen LogP contribution in [0.5, 0.6) is 5.75 Å². The topological polar surface area (TPSA) is 29.5 Å². The molecular formula is C23H32O2. The summed E-state index contributed by atoms with van der Waals surface area (Å²) in [5.74, 6) is 1.62. The second-order valence-electron chi connectivity index (χ2n) is 7.07. The molecule has 0 radical (unpaired) electrons. The van der Waals surface area contributed by atoms with Crippen molar-refractivity contribution in [2.75, 3.05) is 6.61 Å². The van der Waals surface area contributed by atoms with Gasteiger partial charge in [0.1, 0.15) is 5.75 Å². The summed E-state index contributed by atoms with van der Waals surface area (Å²) in [6.45, 7) is 7.48. The maximum absolute atomic E-state index is 9.07. The van der Waals surface area contributed by atoms with Gasteiger partial charge in [0.05, 0.1) is 13.2 Å². The highest BCUT2D eigenvalue weighted by molar-refractivity contribution is 5.30. The maximum atomic E-state index is 9.07. The third kappa shape index (κ3) is 6.55. The summed E-state index contributed by atoms with van der Waals surface area (Å²) in [5, 5.41) is 9.07. The van der Waals surface area contributed by atoms with Gasteiger partial charge in [0, 0.05) is 0 Å². The molecule has 0 aliphatic rings. The van der Waals surface area contributed by atoms with Crippen molar-refractivity contribution in [2.45, 2.75) is 59.5 Å². The number of benzene rings is 2. The third-order valence-corrected chi connectivity index (χ3v) is 4.92. The number of ether oxygens (including phenoxy) is 1. The summed E-state index contributed by atoms with van der Waals surface area (Å²) in [5.41, 5.74) is 5.14. The van der Waals surface area contributed by atoms with Crippen LogP contribution in [0.2, 0.25) is 0 Å². The fraction of sp³-hybridized carbons (Fsp3) is 0.478. The molecule has 0 amide bonds. The van der Waals surface area contributed by atoms with E-state index < -0.39 is 0 Å². The molecule has 1 N–H and O–H groups in total. The Hall–Kier alpha value is -1.80. The standard InChI is InChI=1S/C23H32O2/c1-4-6-20(16-22-9-8-18(2)19(3)15-22)7-5-14-25-23-12-10-21(17-24)11-13-23/h8-13,15,20,24H,4-7,14,16-17H2,1-3H3/t20-/m0/s1. The number of rotatable bonds is 10. The molecule has 0 aromatic heterocycles. The molecule has 2 heteroatoms. The van der Waals surface area contributed by atoms with Gasteiger partial charge in [-0.15, -0.1) is 0 Å². The van der Waals surface area contributed by atoms with Crippen LogP contribution >= 0.6 is 0 Å². The van der Waals surface area contributed by atoms with E-state index >= 15 is 0 Å². The second kappa shape index (κ2) is 10.2. The average Bonchev–Trinajstić information content (AvgIpc) is 2.62. The fourth-order valence-corrected chi connectivity index (χ4v) is 3.27. The molecule has 2 nitrogen and oxygen atoms in total. The SMILES string of the molecule is CCC[C@@H](CCCOc1ccc(CO)cc1)Cc1ccc(C)c(C)c1. The van der Waals surface area contributed by atoms with Crippen molar-refractivity contribution in [2.24, 2.45) is 5.92 Å². The van der Waals surface area contributed by atoms with Gasteiger partial charge in [-0.25, -0.2) is 0 Å². The Morgan fingerprint density at radius 1 is 0.920 bits per heavy atom. The molecule has 0 aliphatic carbocycles. The minimum Gasteiger partial charge on any atom is -0.494 e. The molecule has 0 heterocycles. The van der Waals surface area contributed by atoms with Gasteiger partial charge in [0.25, 0.3) is 0 Å². The van der Waals surface area contributed by atoms with E-state index in [0.29, 0.717) is 0 Å². The summed E-state index contributed by atoms with van der Waals surface area (Å²) in [4.78, 5) is 0. The van der Waals surface area contributed by atoms with E-state index in [9.17, 15) is 0 Å². The van der Waals surface area contributed by atoms with E-state index in [1.807, 2.05) is 24.3 Å². The van der Waals surface area contributed by atoms with Crippen LogP contribution in [0.4, 0.5) is 0 Å². The van der Waals surface area contributed by atoms with Gasteiger partial charge in [-0.05, 0) is 73.4 Å². The number of hydrogen-bond acceptors (Lipinski definition) is 2. The van der Waals surface area contributed by atoms with Gasteiger partial charge in [0.15, 0.2) is 0 Å². The van der Waals surface area contributed by atoms with E-state index in [-0.39, 0.29) is 6.61 Å². The zero-order valence-corrected chi connectivity index (χ0v) is 15.9. The van der Waals surface area contributed by atoms with Crippen LogP contribution in [-0.4, -0.2) is 11.7 Å². The zero-order valence-electron chi connectivity index (χ0n) is 15.9. The lowest BCUT2D eigenvalue weighted by atomic mass is 9.90. The molecule has 136 valence electrons. The van der Waals surface area contributed by atoms with Crippen LogP contribution in [0.1, 0.15) is 54.9 Å². The molecule has 0 saturated heterocycles. The number of aliphatic hydroxyl groups excluding tert-OH is 1. The minimum atomic E-state index is 0.0808. The van der Waals surface area contributed by atoms with E-state index in [0.717, 1.165) is 30.3 Å². The Bertz CT molecular complexity index is 631. The lowest BCUT2D eigenvalue weighted by molar-refractivity contribution is 0.279. The molecule has 1 atom stereocenters. The second-order valence-corrected chi connectivity index (χ2v) is 7.07. The summed E-state index contributed by atoms with van der Waals surface area (Å²) < 4.78 is 5.84. The van der Waals surface area contributed by atoms with Crippen molar-refractivity contribution in [3.8, 4) is 5.75 Å². The third-order valence-electron chi connectivity index (χ3n) is 4.92. The summed E-state index contributed by atoms with van der Waals surface area (Å²) in [6, 6.07) is 14.6. The molecule has 2 aromatic rings. The van der Waals surface area contributed by atoms with Gasteiger partial charge in [-0.2, -0.15) is 0 Å². The Kier molecular flexibility index (Phi) is 8.00. The van der Waals surface area contributed by atoms with Crippen molar-refractivity contribution >= 4 is 0 Å². The molecule has 0 saturated carbocycles. The van der Waals surface area contributed by atoms with Crippen LogP contribution in [-0.2, 0) is 13.0 Å². The molecule has 0 fully saturated rings. The van der Waals surface area contributed by atoms with Crippen molar-refractivity contribution in [3.05, 3.63) is 64.7 Å². The Labute approximate surface area is 152 Å². The molecule has 25 heavy (non-hydrogen) atoms. The van der Waals surface area contributed by atoms with Gasteiger partial charge in [-0.3, -0.25) is 0 Å². The van der Waals surface area contributed by atoms with Crippen LogP contribution in [0.15, 0.2) is 42.5 Å². The number of aliphatic hydroxyl groups is 1. The predicted molar refractivity (Wildman–Crippen MR) is 105 cm³/mol. The van der Waals surface area contributed by atoms with Crippen molar-refractivity contribution < 1.29 is 9.84 Å². The Morgan fingerprint density at radius 2 is 1.64 bits per heavy atom. The lowest BCUT2D eigenvalue weighted by Gasteiger charge is -2.17. The first-order chi connectivity index (χ1) is 12.1. The van der Waals surface area contributed by atoms with Crippen LogP contribution in [0.3, 0.4) is 0 Å². The highest BCUT2D eigenvalue weighted by Crippen LogP contribution is 2.21. The zero-order chi connectivity index (χ0) is 18.1. The van der Waals surface area contributed by atoms with Crippen molar-refractivity contribution in [1.29, 1.82) is 0 Å². The number of aryl methyl sites for hydroxylation is 2. The van der Waals surface area contributed by atoms with Gasteiger partial charge >= 0.3 is 0 Å². The van der Waals surface area contributed by atoms with Gasteiger partial charge in [-0.1, -0.05) is 50.1 Å². The van der Waals surface area contributed by atoms with Crippen LogP contribution in [0, 0.1) is 19.8 Å². The summed E-state index contributed by atoms with van der Waals surface area (Å²) >= 11 is 0. The predicted octanol–water partition coefficient (Wildman–Crippen LogP) is 5.61. The van der Waals surface area contributed by atoms with Crippen molar-refractivity contribution in [3.63, 3.8) is 0 Å². The molecular weight excluding hydrogens is 308 g/mol. The summed E-state index contributed by atoms with van der Waals surface area (Å²) in [6.07, 6.45) is 5.96.